The molecule has 1 aromatic rings. The predicted molar refractivity (Wildman–Crippen MR) is 111 cm³/mol. The number of unbranched alkanes of at least 4 members (excludes halogenated alkanes) is 3. The Morgan fingerprint density at radius 3 is 2.63 bits per heavy atom. The number of hydrogen-bond donors (Lipinski definition) is 1. The molecule has 0 aromatic carbocycles. The van der Waals surface area contributed by atoms with Gasteiger partial charge in [0.25, 0.3) is 0 Å². The highest BCUT2D eigenvalue weighted by Gasteiger charge is 2.35. The van der Waals surface area contributed by atoms with Gasteiger partial charge in [0.15, 0.2) is 0 Å². The van der Waals surface area contributed by atoms with Crippen LogP contribution in [0.2, 0.25) is 5.28 Å². The zero-order chi connectivity index (χ0) is 19.8. The van der Waals surface area contributed by atoms with E-state index in [1.807, 2.05) is 20.8 Å². The van der Waals surface area contributed by atoms with Crippen molar-refractivity contribution < 1.29 is 9.53 Å². The van der Waals surface area contributed by atoms with E-state index < -0.39 is 0 Å². The molecule has 0 bridgehead atoms. The SMILES string of the molecule is CCCCCCC(C)OC(=O)SN(c1nc(Cl)nc(NC(C)C)n1)C1CC1. The van der Waals surface area contributed by atoms with Crippen molar-refractivity contribution in [1.29, 1.82) is 0 Å². The Balaban J connectivity index is 1.95. The van der Waals surface area contributed by atoms with Crippen LogP contribution in [0.1, 0.15) is 72.6 Å². The van der Waals surface area contributed by atoms with Crippen LogP contribution in [0.4, 0.5) is 16.7 Å². The molecule has 1 fully saturated rings. The molecule has 1 saturated carbocycles. The van der Waals surface area contributed by atoms with Gasteiger partial charge in [0.2, 0.25) is 17.2 Å². The minimum absolute atomic E-state index is 0.0944. The highest BCUT2D eigenvalue weighted by Crippen LogP contribution is 2.36. The Hall–Kier alpha value is -1.28. The van der Waals surface area contributed by atoms with Gasteiger partial charge in [-0.2, -0.15) is 15.0 Å². The minimum Gasteiger partial charge on any atom is -0.453 e. The molecule has 1 heterocycles. The van der Waals surface area contributed by atoms with Gasteiger partial charge in [-0.15, -0.1) is 0 Å². The number of anilines is 2. The molecule has 1 aliphatic carbocycles. The molecular weight excluding hydrogens is 386 g/mol. The second kappa shape index (κ2) is 10.9. The average Bonchev–Trinajstić information content (AvgIpc) is 3.40. The molecule has 7 nitrogen and oxygen atoms in total. The number of rotatable bonds is 11. The lowest BCUT2D eigenvalue weighted by atomic mass is 10.1. The van der Waals surface area contributed by atoms with Gasteiger partial charge in [0, 0.05) is 12.1 Å². The Morgan fingerprint density at radius 2 is 2.00 bits per heavy atom. The summed E-state index contributed by atoms with van der Waals surface area (Å²) < 4.78 is 7.34. The van der Waals surface area contributed by atoms with E-state index in [0.717, 1.165) is 37.6 Å². The minimum atomic E-state index is -0.334. The first-order chi connectivity index (χ1) is 12.9. The smallest absolute Gasteiger partial charge is 0.388 e. The molecule has 1 N–H and O–H groups in total. The molecule has 1 atom stereocenters. The van der Waals surface area contributed by atoms with Gasteiger partial charge in [-0.05, 0) is 58.1 Å². The van der Waals surface area contributed by atoms with Crippen molar-refractivity contribution >= 4 is 40.7 Å². The Morgan fingerprint density at radius 1 is 1.26 bits per heavy atom. The summed E-state index contributed by atoms with van der Waals surface area (Å²) >= 11 is 7.06. The Bertz CT molecular complexity index is 615. The van der Waals surface area contributed by atoms with Crippen molar-refractivity contribution in [2.24, 2.45) is 0 Å². The van der Waals surface area contributed by atoms with Crippen LogP contribution in [0.25, 0.3) is 0 Å². The van der Waals surface area contributed by atoms with Crippen LogP contribution in [0.15, 0.2) is 0 Å². The molecule has 0 amide bonds. The number of ether oxygens (including phenoxy) is 1. The van der Waals surface area contributed by atoms with Crippen molar-refractivity contribution in [1.82, 2.24) is 15.0 Å². The zero-order valence-electron chi connectivity index (χ0n) is 16.6. The van der Waals surface area contributed by atoms with Gasteiger partial charge in [-0.3, -0.25) is 4.31 Å². The highest BCUT2D eigenvalue weighted by molar-refractivity contribution is 8.14. The van der Waals surface area contributed by atoms with Gasteiger partial charge in [0.05, 0.1) is 18.1 Å². The summed E-state index contributed by atoms with van der Waals surface area (Å²) in [7, 11) is 0. The predicted octanol–water partition coefficient (Wildman–Crippen LogP) is 5.46. The molecule has 0 spiro atoms. The first-order valence-electron chi connectivity index (χ1n) is 9.75. The second-order valence-electron chi connectivity index (χ2n) is 7.20. The highest BCUT2D eigenvalue weighted by atomic mass is 35.5. The van der Waals surface area contributed by atoms with E-state index in [1.54, 1.807) is 4.31 Å². The third kappa shape index (κ3) is 8.09. The number of carbonyl (C=O) groups excluding carboxylic acids is 1. The van der Waals surface area contributed by atoms with Crippen molar-refractivity contribution in [2.45, 2.75) is 90.8 Å². The summed E-state index contributed by atoms with van der Waals surface area (Å²) in [5, 5.41) is 2.89. The molecule has 1 unspecified atom stereocenters. The van der Waals surface area contributed by atoms with E-state index in [4.69, 9.17) is 16.3 Å². The van der Waals surface area contributed by atoms with Gasteiger partial charge in [-0.25, -0.2) is 4.79 Å². The third-order valence-corrected chi connectivity index (χ3v) is 5.10. The van der Waals surface area contributed by atoms with E-state index in [2.05, 4.69) is 27.2 Å². The molecule has 0 radical (unpaired) electrons. The van der Waals surface area contributed by atoms with E-state index in [9.17, 15) is 4.79 Å². The van der Waals surface area contributed by atoms with Gasteiger partial charge in [0.1, 0.15) is 0 Å². The molecule has 27 heavy (non-hydrogen) atoms. The van der Waals surface area contributed by atoms with Crippen molar-refractivity contribution in [2.75, 3.05) is 9.62 Å². The van der Waals surface area contributed by atoms with Crippen LogP contribution in [-0.2, 0) is 4.74 Å². The first kappa shape index (κ1) is 22.0. The third-order valence-electron chi connectivity index (χ3n) is 4.02. The number of halogens is 1. The number of nitrogens with one attached hydrogen (secondary N) is 1. The molecule has 1 aromatic heterocycles. The fourth-order valence-corrected chi connectivity index (χ4v) is 3.58. The van der Waals surface area contributed by atoms with Crippen LogP contribution in [0.3, 0.4) is 0 Å². The topological polar surface area (TPSA) is 80.2 Å². The molecule has 152 valence electrons. The Kier molecular flexibility index (Phi) is 8.89. The lowest BCUT2D eigenvalue weighted by Gasteiger charge is -2.21. The second-order valence-corrected chi connectivity index (χ2v) is 8.45. The number of aromatic nitrogens is 3. The quantitative estimate of drug-likeness (QED) is 0.290. The lowest BCUT2D eigenvalue weighted by molar-refractivity contribution is 0.126. The fraction of sp³-hybridized carbons (Fsp3) is 0.778. The summed E-state index contributed by atoms with van der Waals surface area (Å²) in [5.74, 6) is 0.794. The molecular formula is C18H30ClN5O2S. The fourth-order valence-electron chi connectivity index (χ4n) is 2.53. The van der Waals surface area contributed by atoms with Gasteiger partial charge >= 0.3 is 5.30 Å². The number of carbonyl (C=O) groups is 1. The zero-order valence-corrected chi connectivity index (χ0v) is 18.1. The number of nitrogens with zero attached hydrogens (tertiary/aromatic N) is 4. The first-order valence-corrected chi connectivity index (χ1v) is 10.9. The molecule has 1 aliphatic rings. The summed E-state index contributed by atoms with van der Waals surface area (Å²) in [4.78, 5) is 25.1. The van der Waals surface area contributed by atoms with Gasteiger partial charge < -0.3 is 10.1 Å². The summed E-state index contributed by atoms with van der Waals surface area (Å²) in [6.07, 6.45) is 7.44. The van der Waals surface area contributed by atoms with Crippen LogP contribution in [-0.4, -0.2) is 38.4 Å². The van der Waals surface area contributed by atoms with E-state index in [-0.39, 0.29) is 28.8 Å². The van der Waals surface area contributed by atoms with Crippen LogP contribution in [0.5, 0.6) is 0 Å². The summed E-state index contributed by atoms with van der Waals surface area (Å²) in [6.45, 7) is 8.10. The van der Waals surface area contributed by atoms with Crippen molar-refractivity contribution in [3.05, 3.63) is 5.28 Å². The largest absolute Gasteiger partial charge is 0.453 e. The lowest BCUT2D eigenvalue weighted by Crippen LogP contribution is -2.25. The van der Waals surface area contributed by atoms with Crippen molar-refractivity contribution in [3.63, 3.8) is 0 Å². The Labute approximate surface area is 171 Å². The van der Waals surface area contributed by atoms with Crippen molar-refractivity contribution in [3.8, 4) is 0 Å². The summed E-state index contributed by atoms with van der Waals surface area (Å²) in [5.41, 5.74) is 0. The van der Waals surface area contributed by atoms with Crippen LogP contribution < -0.4 is 9.62 Å². The maximum atomic E-state index is 12.4. The normalized spacial score (nSPS) is 14.9. The standard InChI is InChI=1S/C18H30ClN5O2S/c1-5-6-7-8-9-13(4)26-18(25)27-24(14-10-11-14)17-22-15(19)21-16(23-17)20-12(2)3/h12-14H,5-11H2,1-4H3,(H,20,21,22,23). The molecule has 9 heteroatoms. The average molecular weight is 416 g/mol. The summed E-state index contributed by atoms with van der Waals surface area (Å²) in [6, 6.07) is 0.379. The number of hydrogen-bond acceptors (Lipinski definition) is 8. The van der Waals surface area contributed by atoms with Gasteiger partial charge in [-0.1, -0.05) is 26.2 Å². The molecule has 0 aliphatic heterocycles. The monoisotopic (exact) mass is 415 g/mol. The molecule has 2 rings (SSSR count). The maximum Gasteiger partial charge on any atom is 0.388 e. The molecule has 0 saturated heterocycles. The maximum absolute atomic E-state index is 12.4. The van der Waals surface area contributed by atoms with Crippen LogP contribution in [0, 0.1) is 0 Å². The van der Waals surface area contributed by atoms with E-state index in [0.29, 0.717) is 11.9 Å². The van der Waals surface area contributed by atoms with E-state index in [1.165, 1.54) is 19.3 Å². The van der Waals surface area contributed by atoms with Crippen LogP contribution >= 0.6 is 23.5 Å². The van der Waals surface area contributed by atoms with E-state index >= 15 is 0 Å².